The second-order valence-corrected chi connectivity index (χ2v) is 10.4. The molecule has 0 amide bonds. The Labute approximate surface area is 181 Å². The zero-order valence-electron chi connectivity index (χ0n) is 18.3. The minimum atomic E-state index is -0.921. The van der Waals surface area contributed by atoms with E-state index in [1.165, 1.54) is 32.1 Å². The summed E-state index contributed by atoms with van der Waals surface area (Å²) in [6, 6.07) is 0.510. The normalized spacial score (nSPS) is 46.6. The number of hydrogen-bond acceptors (Lipinski definition) is 4. The van der Waals surface area contributed by atoms with Crippen molar-refractivity contribution in [1.82, 2.24) is 9.80 Å². The molecule has 0 radical (unpaired) electrons. The molecule has 2 fully saturated rings. The van der Waals surface area contributed by atoms with Crippen molar-refractivity contribution in [1.29, 1.82) is 0 Å². The third-order valence-electron chi connectivity index (χ3n) is 8.63. The molecule has 5 aliphatic rings. The SMILES string of the molecule is O=CC1=C[C@]2(O)CC/C=C\CCCCN3CC[C@@H]1[C@]1(C[C@@H]4/C=C\CCCCN4[C@H]12)C3. The second kappa shape index (κ2) is 8.37. The first-order valence-electron chi connectivity index (χ1n) is 12.4. The minimum absolute atomic E-state index is 0.0187. The molecule has 4 heterocycles. The number of allylic oxidation sites excluding steroid dienone is 4. The average molecular weight is 411 g/mol. The Balaban J connectivity index is 1.63. The van der Waals surface area contributed by atoms with Crippen LogP contribution in [0.1, 0.15) is 64.2 Å². The number of hydrogen-bond donors (Lipinski definition) is 1. The number of aldehydes is 1. The Morgan fingerprint density at radius 2 is 1.80 bits per heavy atom. The van der Waals surface area contributed by atoms with Gasteiger partial charge in [-0.2, -0.15) is 0 Å². The maximum Gasteiger partial charge on any atom is 0.146 e. The van der Waals surface area contributed by atoms with Crippen LogP contribution in [0.4, 0.5) is 0 Å². The molecule has 4 nitrogen and oxygen atoms in total. The third kappa shape index (κ3) is 3.45. The molecule has 5 rings (SSSR count). The van der Waals surface area contributed by atoms with Crippen LogP contribution in [0.2, 0.25) is 0 Å². The summed E-state index contributed by atoms with van der Waals surface area (Å²) >= 11 is 0. The molecule has 0 aromatic rings. The number of piperidine rings is 1. The van der Waals surface area contributed by atoms with Gasteiger partial charge in [0.05, 0.1) is 11.6 Å². The van der Waals surface area contributed by atoms with Gasteiger partial charge < -0.3 is 10.0 Å². The fourth-order valence-electron chi connectivity index (χ4n) is 7.53. The minimum Gasteiger partial charge on any atom is -0.384 e. The number of aliphatic hydroxyl groups is 1. The van der Waals surface area contributed by atoms with Crippen molar-refractivity contribution in [3.63, 3.8) is 0 Å². The number of nitrogens with zero attached hydrogens (tertiary/aromatic N) is 2. The molecule has 0 aromatic heterocycles. The van der Waals surface area contributed by atoms with Crippen LogP contribution in [0.3, 0.4) is 0 Å². The van der Waals surface area contributed by atoms with E-state index >= 15 is 0 Å². The maximum absolute atomic E-state index is 12.2. The van der Waals surface area contributed by atoms with Crippen molar-refractivity contribution < 1.29 is 9.90 Å². The van der Waals surface area contributed by atoms with Gasteiger partial charge in [0, 0.05) is 18.0 Å². The van der Waals surface area contributed by atoms with Crippen LogP contribution in [0.15, 0.2) is 36.0 Å². The Hall–Kier alpha value is -1.23. The molecule has 0 saturated carbocycles. The van der Waals surface area contributed by atoms with Crippen LogP contribution in [-0.4, -0.2) is 65.1 Å². The van der Waals surface area contributed by atoms with E-state index in [1.54, 1.807) is 0 Å². The van der Waals surface area contributed by atoms with Gasteiger partial charge >= 0.3 is 0 Å². The quantitative estimate of drug-likeness (QED) is 0.526. The summed E-state index contributed by atoms with van der Waals surface area (Å²) in [6.07, 6.45) is 23.4. The van der Waals surface area contributed by atoms with Crippen LogP contribution >= 0.6 is 0 Å². The van der Waals surface area contributed by atoms with Crippen molar-refractivity contribution in [3.8, 4) is 0 Å². The van der Waals surface area contributed by atoms with Gasteiger partial charge in [-0.3, -0.25) is 9.69 Å². The fraction of sp³-hybridized carbons (Fsp3) is 0.731. The summed E-state index contributed by atoms with van der Waals surface area (Å²) in [4.78, 5) is 17.5. The van der Waals surface area contributed by atoms with E-state index in [2.05, 4.69) is 34.1 Å². The van der Waals surface area contributed by atoms with E-state index in [4.69, 9.17) is 0 Å². The Morgan fingerprint density at radius 1 is 1.00 bits per heavy atom. The van der Waals surface area contributed by atoms with Crippen LogP contribution in [0, 0.1) is 11.3 Å². The van der Waals surface area contributed by atoms with Crippen molar-refractivity contribution in [2.24, 2.45) is 11.3 Å². The van der Waals surface area contributed by atoms with E-state index < -0.39 is 5.60 Å². The number of carbonyl (C=O) groups excluding carboxylic acids is 1. The molecule has 4 heteroatoms. The molecule has 3 bridgehead atoms. The van der Waals surface area contributed by atoms with E-state index in [-0.39, 0.29) is 11.5 Å². The van der Waals surface area contributed by atoms with E-state index in [0.29, 0.717) is 18.4 Å². The Bertz CT molecular complexity index is 743. The lowest BCUT2D eigenvalue weighted by Crippen LogP contribution is -2.66. The summed E-state index contributed by atoms with van der Waals surface area (Å²) in [7, 11) is 0. The standard InChI is InChI=1S/C26H38N2O2/c29-19-21-17-26(30)13-8-4-1-2-5-9-14-27-16-12-23(21)25(20-27)18-22-11-7-3-6-10-15-28(22)24(25)26/h1,4,7,11,17,19,22-24,30H,2-3,5-6,8-10,12-16,18,20H2/b4-1-,11-7-/t22-,23-,24+,25-,26+/m0/s1. The lowest BCUT2D eigenvalue weighted by Gasteiger charge is -2.57. The molecule has 1 unspecified atom stereocenters. The van der Waals surface area contributed by atoms with Gasteiger partial charge in [0.25, 0.3) is 0 Å². The summed E-state index contributed by atoms with van der Waals surface area (Å²) in [5.74, 6) is 0.291. The first-order valence-corrected chi connectivity index (χ1v) is 12.4. The number of carbonyl (C=O) groups is 1. The predicted molar refractivity (Wildman–Crippen MR) is 120 cm³/mol. The van der Waals surface area contributed by atoms with Crippen LogP contribution < -0.4 is 0 Å². The molecule has 164 valence electrons. The highest BCUT2D eigenvalue weighted by molar-refractivity contribution is 5.76. The molecular formula is C26H38N2O2. The summed E-state index contributed by atoms with van der Waals surface area (Å²) in [6.45, 7) is 4.33. The number of rotatable bonds is 1. The van der Waals surface area contributed by atoms with Gasteiger partial charge in [0.1, 0.15) is 6.29 Å². The van der Waals surface area contributed by atoms with Gasteiger partial charge in [-0.05, 0) is 101 Å². The highest BCUT2D eigenvalue weighted by atomic mass is 16.3. The molecular weight excluding hydrogens is 372 g/mol. The zero-order chi connectivity index (χ0) is 20.6. The zero-order valence-corrected chi connectivity index (χ0v) is 18.3. The van der Waals surface area contributed by atoms with E-state index in [1.807, 2.05) is 6.08 Å². The van der Waals surface area contributed by atoms with Crippen LogP contribution in [-0.2, 0) is 4.79 Å². The van der Waals surface area contributed by atoms with Gasteiger partial charge in [-0.15, -0.1) is 0 Å². The molecule has 0 aromatic carbocycles. The van der Waals surface area contributed by atoms with Gasteiger partial charge in [-0.25, -0.2) is 0 Å². The average Bonchev–Trinajstić information content (AvgIpc) is 3.01. The molecule has 1 spiro atoms. The monoisotopic (exact) mass is 410 g/mol. The first kappa shape index (κ1) is 20.7. The molecule has 4 aliphatic heterocycles. The first-order chi connectivity index (χ1) is 14.7. The van der Waals surface area contributed by atoms with E-state index in [9.17, 15) is 9.90 Å². The fourth-order valence-corrected chi connectivity index (χ4v) is 7.53. The highest BCUT2D eigenvalue weighted by Crippen LogP contribution is 2.59. The van der Waals surface area contributed by atoms with Crippen molar-refractivity contribution in [2.75, 3.05) is 26.2 Å². The van der Waals surface area contributed by atoms with Crippen molar-refractivity contribution >= 4 is 6.29 Å². The molecule has 6 atom stereocenters. The predicted octanol–water partition coefficient (Wildman–Crippen LogP) is 3.87. The van der Waals surface area contributed by atoms with Crippen LogP contribution in [0.25, 0.3) is 0 Å². The summed E-state index contributed by atoms with van der Waals surface area (Å²) in [5.41, 5.74) is -0.0582. The summed E-state index contributed by atoms with van der Waals surface area (Å²) < 4.78 is 0. The van der Waals surface area contributed by atoms with Gasteiger partial charge in [0.15, 0.2) is 0 Å². The van der Waals surface area contributed by atoms with Crippen molar-refractivity contribution in [2.45, 2.75) is 81.9 Å². The molecule has 1 N–H and O–H groups in total. The topological polar surface area (TPSA) is 43.8 Å². The molecule has 30 heavy (non-hydrogen) atoms. The molecule has 1 aliphatic carbocycles. The smallest absolute Gasteiger partial charge is 0.146 e. The maximum atomic E-state index is 12.2. The third-order valence-corrected chi connectivity index (χ3v) is 8.63. The Morgan fingerprint density at radius 3 is 2.67 bits per heavy atom. The van der Waals surface area contributed by atoms with Gasteiger partial charge in [0.2, 0.25) is 0 Å². The largest absolute Gasteiger partial charge is 0.384 e. The summed E-state index contributed by atoms with van der Waals surface area (Å²) in [5, 5.41) is 12.2. The van der Waals surface area contributed by atoms with Crippen LogP contribution in [0.5, 0.6) is 0 Å². The lowest BCUT2D eigenvalue weighted by atomic mass is 9.55. The van der Waals surface area contributed by atoms with Crippen molar-refractivity contribution in [3.05, 3.63) is 36.0 Å². The highest BCUT2D eigenvalue weighted by Gasteiger charge is 2.65. The lowest BCUT2D eigenvalue weighted by molar-refractivity contribution is -0.114. The second-order valence-electron chi connectivity index (χ2n) is 10.4. The van der Waals surface area contributed by atoms with Gasteiger partial charge in [-0.1, -0.05) is 24.3 Å². The van der Waals surface area contributed by atoms with E-state index in [0.717, 1.165) is 63.7 Å². The number of fused-ring (bicyclic) bond motifs is 2. The molecule has 2 saturated heterocycles. The Kier molecular flexibility index (Phi) is 5.76.